The predicted molar refractivity (Wildman–Crippen MR) is 99.6 cm³/mol. The van der Waals surface area contributed by atoms with Crippen LogP contribution >= 0.6 is 0 Å². The van der Waals surface area contributed by atoms with Crippen molar-refractivity contribution in [1.82, 2.24) is 15.1 Å². The van der Waals surface area contributed by atoms with E-state index in [1.165, 1.54) is 0 Å². The van der Waals surface area contributed by atoms with Gasteiger partial charge in [0.05, 0.1) is 18.7 Å². The number of aliphatic hydroxyl groups excluding tert-OH is 1. The fraction of sp³-hybridized carbons (Fsp3) is 0.650. The summed E-state index contributed by atoms with van der Waals surface area (Å²) < 4.78 is 26.6. The number of β-amino-alcohol motifs (C(OH)–C–C–N with tert-alkyl or cyclic N) is 1. The van der Waals surface area contributed by atoms with Gasteiger partial charge in [0.1, 0.15) is 0 Å². The number of carbonyl (C=O) groups excluding carboxylic acids is 1. The van der Waals surface area contributed by atoms with Crippen LogP contribution in [0.3, 0.4) is 0 Å². The molecule has 1 aromatic rings. The molecule has 2 atom stereocenters. The maximum atomic E-state index is 13.3. The lowest BCUT2D eigenvalue weighted by Crippen LogP contribution is -2.45. The molecule has 0 spiro atoms. The van der Waals surface area contributed by atoms with Crippen LogP contribution in [-0.2, 0) is 4.79 Å². The van der Waals surface area contributed by atoms with Gasteiger partial charge in [-0.1, -0.05) is 30.3 Å². The number of halogens is 2. The molecule has 1 amide bonds. The van der Waals surface area contributed by atoms with Crippen LogP contribution in [0.2, 0.25) is 0 Å². The number of piperidine rings is 1. The molecule has 0 aromatic heterocycles. The van der Waals surface area contributed by atoms with E-state index in [1.807, 2.05) is 30.3 Å². The van der Waals surface area contributed by atoms with Gasteiger partial charge in [0.25, 0.3) is 5.92 Å². The monoisotopic (exact) mass is 381 g/mol. The molecule has 5 nitrogen and oxygen atoms in total. The minimum Gasteiger partial charge on any atom is -0.387 e. The van der Waals surface area contributed by atoms with E-state index in [1.54, 1.807) is 11.9 Å². The fourth-order valence-electron chi connectivity index (χ4n) is 4.01. The van der Waals surface area contributed by atoms with Gasteiger partial charge in [-0.15, -0.1) is 0 Å². The molecule has 0 radical (unpaired) electrons. The summed E-state index contributed by atoms with van der Waals surface area (Å²) in [6.07, 6.45) is 0.967. The molecule has 2 heterocycles. The summed E-state index contributed by atoms with van der Waals surface area (Å²) in [6.45, 7) is 2.52. The quantitative estimate of drug-likeness (QED) is 0.790. The summed E-state index contributed by atoms with van der Waals surface area (Å²) >= 11 is 0. The molecule has 2 unspecified atom stereocenters. The molecule has 7 heteroatoms. The van der Waals surface area contributed by atoms with Crippen LogP contribution in [0.15, 0.2) is 30.3 Å². The Hall–Kier alpha value is -1.57. The van der Waals surface area contributed by atoms with Crippen molar-refractivity contribution in [2.75, 3.05) is 39.8 Å². The number of hydrogen-bond donors (Lipinski definition) is 2. The zero-order valence-corrected chi connectivity index (χ0v) is 15.8. The van der Waals surface area contributed by atoms with E-state index in [0.29, 0.717) is 19.0 Å². The topological polar surface area (TPSA) is 55.8 Å². The number of likely N-dealkylation sites (N-methyl/N-ethyl adjacent to an activating group) is 1. The van der Waals surface area contributed by atoms with Crippen molar-refractivity contribution >= 4 is 5.91 Å². The Balaban J connectivity index is 1.41. The van der Waals surface area contributed by atoms with Gasteiger partial charge < -0.3 is 14.9 Å². The van der Waals surface area contributed by atoms with Gasteiger partial charge in [-0.3, -0.25) is 10.1 Å². The summed E-state index contributed by atoms with van der Waals surface area (Å²) in [5.41, 5.74) is 0.922. The highest BCUT2D eigenvalue weighted by Crippen LogP contribution is 2.27. The number of hydrogen-bond acceptors (Lipinski definition) is 4. The first-order chi connectivity index (χ1) is 12.8. The van der Waals surface area contributed by atoms with Gasteiger partial charge >= 0.3 is 0 Å². The standard InChI is InChI=1S/C20H29F2N3O2/c1-24(19(27)17-11-20(21,22)14-23-17)12-15-7-9-25(10-8-15)13-18(26)16-5-3-2-4-6-16/h2-6,15,17-18,23,26H,7-14H2,1H3. The number of rotatable bonds is 6. The molecular formula is C20H29F2N3O2. The number of likely N-dealkylation sites (tertiary alicyclic amines) is 1. The van der Waals surface area contributed by atoms with Gasteiger partial charge in [-0.2, -0.15) is 0 Å². The Morgan fingerprint density at radius 2 is 2.00 bits per heavy atom. The summed E-state index contributed by atoms with van der Waals surface area (Å²) in [5, 5.41) is 13.0. The largest absolute Gasteiger partial charge is 0.387 e. The average molecular weight is 381 g/mol. The molecule has 2 saturated heterocycles. The summed E-state index contributed by atoms with van der Waals surface area (Å²) in [4.78, 5) is 16.2. The summed E-state index contributed by atoms with van der Waals surface area (Å²) in [5.74, 6) is -2.66. The Kier molecular flexibility index (Phi) is 6.44. The molecule has 150 valence electrons. The number of nitrogens with one attached hydrogen (secondary N) is 1. The molecule has 3 rings (SSSR count). The maximum Gasteiger partial charge on any atom is 0.262 e. The average Bonchev–Trinajstić information content (AvgIpc) is 3.03. The van der Waals surface area contributed by atoms with Crippen molar-refractivity contribution < 1.29 is 18.7 Å². The Morgan fingerprint density at radius 3 is 2.59 bits per heavy atom. The van der Waals surface area contributed by atoms with E-state index in [-0.39, 0.29) is 5.91 Å². The summed E-state index contributed by atoms with van der Waals surface area (Å²) in [7, 11) is 1.70. The number of amides is 1. The zero-order chi connectivity index (χ0) is 19.4. The summed E-state index contributed by atoms with van der Waals surface area (Å²) in [6, 6.07) is 8.87. The minimum absolute atomic E-state index is 0.242. The third-order valence-corrected chi connectivity index (χ3v) is 5.64. The lowest BCUT2D eigenvalue weighted by molar-refractivity contribution is -0.133. The van der Waals surface area contributed by atoms with Crippen LogP contribution in [0, 0.1) is 5.92 Å². The molecule has 2 N–H and O–H groups in total. The predicted octanol–water partition coefficient (Wildman–Crippen LogP) is 1.89. The molecule has 2 aliphatic heterocycles. The molecule has 27 heavy (non-hydrogen) atoms. The first-order valence-electron chi connectivity index (χ1n) is 9.65. The first-order valence-corrected chi connectivity index (χ1v) is 9.65. The number of aliphatic hydroxyl groups is 1. The van der Waals surface area contributed by atoms with Crippen molar-refractivity contribution in [1.29, 1.82) is 0 Å². The lowest BCUT2D eigenvalue weighted by Gasteiger charge is -2.35. The van der Waals surface area contributed by atoms with Gasteiger partial charge in [0.2, 0.25) is 5.91 Å². The van der Waals surface area contributed by atoms with Gasteiger partial charge in [-0.05, 0) is 37.4 Å². The molecule has 2 fully saturated rings. The molecule has 2 aliphatic rings. The smallest absolute Gasteiger partial charge is 0.262 e. The van der Waals surface area contributed by atoms with Crippen LogP contribution in [0.5, 0.6) is 0 Å². The van der Waals surface area contributed by atoms with Crippen molar-refractivity contribution in [2.45, 2.75) is 37.3 Å². The van der Waals surface area contributed by atoms with Gasteiger partial charge in [-0.25, -0.2) is 8.78 Å². The minimum atomic E-state index is -2.79. The number of nitrogens with zero attached hydrogens (tertiary/aromatic N) is 2. The second-order valence-electron chi connectivity index (χ2n) is 7.88. The molecular weight excluding hydrogens is 352 g/mol. The van der Waals surface area contributed by atoms with E-state index in [0.717, 1.165) is 31.5 Å². The Bertz CT molecular complexity index is 621. The molecule has 0 aliphatic carbocycles. The number of carbonyl (C=O) groups is 1. The van der Waals surface area contributed by atoms with E-state index in [4.69, 9.17) is 0 Å². The first kappa shape index (κ1) is 20.2. The number of alkyl halides is 2. The highest BCUT2D eigenvalue weighted by molar-refractivity contribution is 5.82. The van der Waals surface area contributed by atoms with Crippen LogP contribution in [0.1, 0.15) is 30.9 Å². The van der Waals surface area contributed by atoms with E-state index in [9.17, 15) is 18.7 Å². The highest BCUT2D eigenvalue weighted by atomic mass is 19.3. The normalized spacial score (nSPS) is 24.7. The van der Waals surface area contributed by atoms with E-state index in [2.05, 4.69) is 10.2 Å². The van der Waals surface area contributed by atoms with E-state index < -0.39 is 31.0 Å². The van der Waals surface area contributed by atoms with Gasteiger partial charge in [0.15, 0.2) is 0 Å². The van der Waals surface area contributed by atoms with Crippen molar-refractivity contribution in [3.05, 3.63) is 35.9 Å². The van der Waals surface area contributed by atoms with E-state index >= 15 is 0 Å². The Morgan fingerprint density at radius 1 is 1.33 bits per heavy atom. The van der Waals surface area contributed by atoms with Crippen molar-refractivity contribution in [2.24, 2.45) is 5.92 Å². The second kappa shape index (κ2) is 8.63. The zero-order valence-electron chi connectivity index (χ0n) is 15.8. The van der Waals surface area contributed by atoms with Crippen molar-refractivity contribution in [3.63, 3.8) is 0 Å². The van der Waals surface area contributed by atoms with Crippen molar-refractivity contribution in [3.8, 4) is 0 Å². The Labute approximate surface area is 159 Å². The van der Waals surface area contributed by atoms with Crippen LogP contribution in [-0.4, -0.2) is 72.5 Å². The second-order valence-corrected chi connectivity index (χ2v) is 7.88. The third kappa shape index (κ3) is 5.46. The molecule has 0 bridgehead atoms. The fourth-order valence-corrected chi connectivity index (χ4v) is 4.01. The molecule has 1 aromatic carbocycles. The van der Waals surface area contributed by atoms with Gasteiger partial charge in [0, 0.05) is 26.6 Å². The maximum absolute atomic E-state index is 13.3. The van der Waals surface area contributed by atoms with Crippen LogP contribution in [0.25, 0.3) is 0 Å². The van der Waals surface area contributed by atoms with Crippen LogP contribution in [0.4, 0.5) is 8.78 Å². The molecule has 0 saturated carbocycles. The third-order valence-electron chi connectivity index (χ3n) is 5.64. The highest BCUT2D eigenvalue weighted by Gasteiger charge is 2.43. The number of benzene rings is 1. The SMILES string of the molecule is CN(CC1CCN(CC(O)c2ccccc2)CC1)C(=O)C1CC(F)(F)CN1. The lowest BCUT2D eigenvalue weighted by atomic mass is 9.95. The van der Waals surface area contributed by atoms with Crippen LogP contribution < -0.4 is 5.32 Å².